The topological polar surface area (TPSA) is 66.8 Å². The molecular weight excluding hydrogens is 292 g/mol. The molecule has 0 heterocycles. The zero-order chi connectivity index (χ0) is 16.8. The summed E-state index contributed by atoms with van der Waals surface area (Å²) in [5.74, 6) is -0.517. The third-order valence-corrected chi connectivity index (χ3v) is 3.74. The number of aromatic hydroxyl groups is 1. The van der Waals surface area contributed by atoms with Gasteiger partial charge in [-0.05, 0) is 54.7 Å². The molecule has 0 saturated heterocycles. The van der Waals surface area contributed by atoms with Crippen LogP contribution in [0.25, 0.3) is 0 Å². The Bertz CT molecular complexity index is 662. The lowest BCUT2D eigenvalue weighted by Crippen LogP contribution is -2.14. The van der Waals surface area contributed by atoms with E-state index in [1.165, 1.54) is 0 Å². The first-order valence-electron chi connectivity index (χ1n) is 7.75. The van der Waals surface area contributed by atoms with Crippen LogP contribution < -0.4 is 4.74 Å². The van der Waals surface area contributed by atoms with Crippen molar-refractivity contribution in [2.45, 2.75) is 32.6 Å². The second-order valence-corrected chi connectivity index (χ2v) is 5.63. The van der Waals surface area contributed by atoms with E-state index in [2.05, 4.69) is 0 Å². The van der Waals surface area contributed by atoms with Gasteiger partial charge in [0.25, 0.3) is 0 Å². The molecule has 0 aromatic heterocycles. The van der Waals surface area contributed by atoms with Gasteiger partial charge >= 0.3 is 5.97 Å². The van der Waals surface area contributed by atoms with Gasteiger partial charge in [-0.15, -0.1) is 0 Å². The second kappa shape index (κ2) is 7.68. The van der Waals surface area contributed by atoms with Gasteiger partial charge in [0.1, 0.15) is 11.5 Å². The van der Waals surface area contributed by atoms with Gasteiger partial charge in [0.2, 0.25) is 0 Å². The maximum atomic E-state index is 11.7. The van der Waals surface area contributed by atoms with Crippen molar-refractivity contribution in [1.29, 1.82) is 0 Å². The fourth-order valence-corrected chi connectivity index (χ4v) is 2.48. The summed E-state index contributed by atoms with van der Waals surface area (Å²) in [6, 6.07) is 12.2. The van der Waals surface area contributed by atoms with Crippen molar-refractivity contribution >= 4 is 5.97 Å². The van der Waals surface area contributed by atoms with Gasteiger partial charge in [-0.2, -0.15) is 0 Å². The summed E-state index contributed by atoms with van der Waals surface area (Å²) in [5.41, 5.74) is 2.57. The maximum Gasteiger partial charge on any atom is 0.311 e. The average molecular weight is 314 g/mol. The number of carboxylic acids is 1. The highest BCUT2D eigenvalue weighted by Crippen LogP contribution is 2.27. The number of benzene rings is 2. The minimum absolute atomic E-state index is 0.175. The van der Waals surface area contributed by atoms with E-state index < -0.39 is 11.9 Å². The number of ether oxygens (including phenoxy) is 1. The number of aryl methyl sites for hydroxylation is 1. The van der Waals surface area contributed by atoms with Crippen molar-refractivity contribution in [2.75, 3.05) is 6.61 Å². The van der Waals surface area contributed by atoms with Crippen LogP contribution in [0.2, 0.25) is 0 Å². The van der Waals surface area contributed by atoms with E-state index in [1.807, 2.05) is 32.0 Å². The lowest BCUT2D eigenvalue weighted by molar-refractivity contribution is -0.138. The van der Waals surface area contributed by atoms with E-state index in [-0.39, 0.29) is 5.75 Å². The summed E-state index contributed by atoms with van der Waals surface area (Å²) >= 11 is 0. The average Bonchev–Trinajstić information content (AvgIpc) is 2.53. The van der Waals surface area contributed by atoms with Crippen LogP contribution in [-0.4, -0.2) is 22.8 Å². The van der Waals surface area contributed by atoms with E-state index in [0.717, 1.165) is 28.9 Å². The number of carbonyl (C=O) groups is 1. The second-order valence-electron chi connectivity index (χ2n) is 5.63. The first-order chi connectivity index (χ1) is 11.0. The summed E-state index contributed by atoms with van der Waals surface area (Å²) < 4.78 is 5.64. The number of rotatable bonds is 7. The Morgan fingerprint density at radius 3 is 2.43 bits per heavy atom. The van der Waals surface area contributed by atoms with E-state index in [1.54, 1.807) is 24.3 Å². The standard InChI is InChI=1S/C19H22O4/c1-3-10-23-18-9-6-15(11-13(18)2)17(19(21)22)12-14-4-7-16(20)8-5-14/h4-9,11,17,20H,3,10,12H2,1-2H3,(H,21,22). The highest BCUT2D eigenvalue weighted by atomic mass is 16.5. The van der Waals surface area contributed by atoms with E-state index in [9.17, 15) is 15.0 Å². The molecule has 0 aliphatic rings. The highest BCUT2D eigenvalue weighted by molar-refractivity contribution is 5.76. The lowest BCUT2D eigenvalue weighted by atomic mass is 9.91. The maximum absolute atomic E-state index is 11.7. The van der Waals surface area contributed by atoms with Crippen LogP contribution in [-0.2, 0) is 11.2 Å². The third-order valence-electron chi connectivity index (χ3n) is 3.74. The number of phenols is 1. The highest BCUT2D eigenvalue weighted by Gasteiger charge is 2.21. The van der Waals surface area contributed by atoms with Crippen molar-refractivity contribution in [3.8, 4) is 11.5 Å². The zero-order valence-electron chi connectivity index (χ0n) is 13.5. The molecule has 0 aliphatic carbocycles. The van der Waals surface area contributed by atoms with Crippen molar-refractivity contribution in [1.82, 2.24) is 0 Å². The Morgan fingerprint density at radius 1 is 1.17 bits per heavy atom. The summed E-state index contributed by atoms with van der Waals surface area (Å²) in [6.45, 7) is 4.62. The van der Waals surface area contributed by atoms with Crippen LogP contribution in [0.1, 0.15) is 36.0 Å². The molecule has 4 nitrogen and oxygen atoms in total. The monoisotopic (exact) mass is 314 g/mol. The van der Waals surface area contributed by atoms with Gasteiger partial charge < -0.3 is 14.9 Å². The molecule has 0 spiro atoms. The predicted octanol–water partition coefficient (Wildman–Crippen LogP) is 3.90. The molecule has 0 saturated carbocycles. The first kappa shape index (κ1) is 16.9. The van der Waals surface area contributed by atoms with Crippen LogP contribution in [0.5, 0.6) is 11.5 Å². The molecule has 1 unspecified atom stereocenters. The molecule has 0 fully saturated rings. The molecular formula is C19H22O4. The molecule has 1 atom stereocenters. The fraction of sp³-hybridized carbons (Fsp3) is 0.316. The minimum atomic E-state index is -0.861. The summed E-state index contributed by atoms with van der Waals surface area (Å²) in [6.07, 6.45) is 1.31. The van der Waals surface area contributed by atoms with Gasteiger partial charge in [-0.25, -0.2) is 0 Å². The number of aliphatic carboxylic acids is 1. The molecule has 122 valence electrons. The smallest absolute Gasteiger partial charge is 0.311 e. The van der Waals surface area contributed by atoms with Crippen molar-refractivity contribution in [3.63, 3.8) is 0 Å². The van der Waals surface area contributed by atoms with Gasteiger partial charge in [0, 0.05) is 0 Å². The summed E-state index contributed by atoms with van der Waals surface area (Å²) in [5, 5.41) is 18.9. The van der Waals surface area contributed by atoms with Crippen LogP contribution in [0.4, 0.5) is 0 Å². The Labute approximate surface area is 136 Å². The zero-order valence-corrected chi connectivity index (χ0v) is 13.5. The van der Waals surface area contributed by atoms with Crippen molar-refractivity contribution in [2.24, 2.45) is 0 Å². The molecule has 0 radical (unpaired) electrons. The molecule has 0 aliphatic heterocycles. The molecule has 2 aromatic rings. The quantitative estimate of drug-likeness (QED) is 0.813. The van der Waals surface area contributed by atoms with Gasteiger partial charge in [-0.3, -0.25) is 4.79 Å². The van der Waals surface area contributed by atoms with Crippen LogP contribution in [0.15, 0.2) is 42.5 Å². The normalized spacial score (nSPS) is 11.9. The van der Waals surface area contributed by atoms with Gasteiger partial charge in [-0.1, -0.05) is 31.2 Å². The Balaban J connectivity index is 2.22. The molecule has 2 N–H and O–H groups in total. The van der Waals surface area contributed by atoms with E-state index >= 15 is 0 Å². The van der Waals surface area contributed by atoms with Crippen LogP contribution in [0, 0.1) is 6.92 Å². The number of hydrogen-bond donors (Lipinski definition) is 2. The molecule has 2 aromatic carbocycles. The van der Waals surface area contributed by atoms with E-state index in [4.69, 9.17) is 4.74 Å². The lowest BCUT2D eigenvalue weighted by Gasteiger charge is -2.16. The largest absolute Gasteiger partial charge is 0.508 e. The molecule has 2 rings (SSSR count). The van der Waals surface area contributed by atoms with Gasteiger partial charge in [0.05, 0.1) is 12.5 Å². The number of phenolic OH excluding ortho intramolecular Hbond substituents is 1. The number of carboxylic acid groups (broad SMARTS) is 1. The van der Waals surface area contributed by atoms with Crippen LogP contribution in [0.3, 0.4) is 0 Å². The first-order valence-corrected chi connectivity index (χ1v) is 7.75. The predicted molar refractivity (Wildman–Crippen MR) is 89.2 cm³/mol. The third kappa shape index (κ3) is 4.49. The van der Waals surface area contributed by atoms with Gasteiger partial charge in [0.15, 0.2) is 0 Å². The summed E-state index contributed by atoms with van der Waals surface area (Å²) in [7, 11) is 0. The molecule has 4 heteroatoms. The fourth-order valence-electron chi connectivity index (χ4n) is 2.48. The minimum Gasteiger partial charge on any atom is -0.508 e. The SMILES string of the molecule is CCCOc1ccc(C(Cc2ccc(O)cc2)C(=O)O)cc1C. The molecule has 0 amide bonds. The Morgan fingerprint density at radius 2 is 1.87 bits per heavy atom. The Kier molecular flexibility index (Phi) is 5.63. The van der Waals surface area contributed by atoms with Crippen molar-refractivity contribution < 1.29 is 19.7 Å². The number of hydrogen-bond acceptors (Lipinski definition) is 3. The molecule has 23 heavy (non-hydrogen) atoms. The Hall–Kier alpha value is -2.49. The van der Waals surface area contributed by atoms with E-state index in [0.29, 0.717) is 13.0 Å². The molecule has 0 bridgehead atoms. The van der Waals surface area contributed by atoms with Crippen molar-refractivity contribution in [3.05, 3.63) is 59.2 Å². The summed E-state index contributed by atoms with van der Waals surface area (Å²) in [4.78, 5) is 11.7. The van der Waals surface area contributed by atoms with Crippen LogP contribution >= 0.6 is 0 Å².